The van der Waals surface area contributed by atoms with E-state index in [1.165, 1.54) is 19.2 Å². The Balaban J connectivity index is 1.89. The van der Waals surface area contributed by atoms with Crippen LogP contribution in [0.25, 0.3) is 0 Å². The van der Waals surface area contributed by atoms with Crippen molar-refractivity contribution in [2.45, 2.75) is 18.7 Å². The molecule has 0 saturated heterocycles. The number of sulfonamides is 1. The fourth-order valence-corrected chi connectivity index (χ4v) is 5.43. The molecule has 3 aromatic carbocycles. The summed E-state index contributed by atoms with van der Waals surface area (Å²) in [4.78, 5) is 12.8. The van der Waals surface area contributed by atoms with Crippen molar-refractivity contribution in [1.82, 2.24) is 5.43 Å². The number of carbonyl (C=O) groups excluding carboxylic acids is 1. The predicted molar refractivity (Wildman–Crippen MR) is 141 cm³/mol. The van der Waals surface area contributed by atoms with Gasteiger partial charge in [-0.15, -0.1) is 0 Å². The number of benzene rings is 3. The van der Waals surface area contributed by atoms with Gasteiger partial charge < -0.3 is 4.74 Å². The minimum absolute atomic E-state index is 0.0168. The summed E-state index contributed by atoms with van der Waals surface area (Å²) in [5, 5.41) is 4.13. The molecule has 1 N–H and O–H groups in total. The third-order valence-electron chi connectivity index (χ3n) is 4.93. The van der Waals surface area contributed by atoms with Gasteiger partial charge in [0.2, 0.25) is 0 Å². The van der Waals surface area contributed by atoms with Crippen molar-refractivity contribution in [3.05, 3.63) is 86.8 Å². The smallest absolute Gasteiger partial charge is 0.264 e. The first kappa shape index (κ1) is 25.9. The van der Waals surface area contributed by atoms with Gasteiger partial charge in [-0.1, -0.05) is 45.8 Å². The van der Waals surface area contributed by atoms with E-state index in [4.69, 9.17) is 4.74 Å². The molecule has 0 unspecified atom stereocenters. The highest BCUT2D eigenvalue weighted by Gasteiger charge is 2.28. The molecule has 0 saturated carbocycles. The van der Waals surface area contributed by atoms with Gasteiger partial charge in [0.1, 0.15) is 12.3 Å². The standard InChI is InChI=1S/C24H23Br2N3O4S/c1-16-4-10-20(11-5-16)29(34(31,32)21-12-13-23(33-3)22(26)14-21)15-24(30)28-27-17(2)18-6-8-19(25)9-7-18/h4-14H,15H2,1-3H3,(H,28,30)/b27-17-. The minimum atomic E-state index is -4.07. The van der Waals surface area contributed by atoms with Gasteiger partial charge in [-0.2, -0.15) is 5.10 Å². The highest BCUT2D eigenvalue weighted by Crippen LogP contribution is 2.30. The van der Waals surface area contributed by atoms with E-state index >= 15 is 0 Å². The van der Waals surface area contributed by atoms with Crippen molar-refractivity contribution in [3.8, 4) is 5.75 Å². The number of carbonyl (C=O) groups is 1. The number of nitrogens with zero attached hydrogens (tertiary/aromatic N) is 2. The molecule has 1 amide bonds. The quantitative estimate of drug-likeness (QED) is 0.279. The minimum Gasteiger partial charge on any atom is -0.496 e. The van der Waals surface area contributed by atoms with Gasteiger partial charge in [0, 0.05) is 4.47 Å². The van der Waals surface area contributed by atoms with E-state index in [0.717, 1.165) is 19.9 Å². The molecule has 34 heavy (non-hydrogen) atoms. The Morgan fingerprint density at radius 1 is 1.03 bits per heavy atom. The normalized spacial score (nSPS) is 11.7. The molecule has 3 rings (SSSR count). The van der Waals surface area contributed by atoms with Crippen molar-refractivity contribution in [2.24, 2.45) is 5.10 Å². The van der Waals surface area contributed by atoms with Crippen LogP contribution in [0.3, 0.4) is 0 Å². The fourth-order valence-electron chi connectivity index (χ4n) is 3.03. The van der Waals surface area contributed by atoms with Crippen LogP contribution in [0.5, 0.6) is 5.75 Å². The van der Waals surface area contributed by atoms with Gasteiger partial charge in [0.15, 0.2) is 0 Å². The van der Waals surface area contributed by atoms with Crippen LogP contribution >= 0.6 is 31.9 Å². The van der Waals surface area contributed by atoms with Crippen LogP contribution in [-0.4, -0.2) is 33.7 Å². The second-order valence-electron chi connectivity index (χ2n) is 7.38. The third-order valence-corrected chi connectivity index (χ3v) is 7.85. The molecule has 0 heterocycles. The molecular formula is C24H23Br2N3O4S. The Hall–Kier alpha value is -2.69. The Morgan fingerprint density at radius 3 is 2.26 bits per heavy atom. The van der Waals surface area contributed by atoms with Gasteiger partial charge in [-0.25, -0.2) is 13.8 Å². The van der Waals surface area contributed by atoms with Crippen molar-refractivity contribution in [2.75, 3.05) is 18.0 Å². The number of amides is 1. The lowest BCUT2D eigenvalue weighted by Crippen LogP contribution is -2.39. The van der Waals surface area contributed by atoms with E-state index in [1.54, 1.807) is 37.3 Å². The maximum absolute atomic E-state index is 13.5. The summed E-state index contributed by atoms with van der Waals surface area (Å²) in [6, 6.07) is 18.8. The summed E-state index contributed by atoms with van der Waals surface area (Å²) in [6.45, 7) is 3.20. The zero-order valence-corrected chi connectivity index (χ0v) is 22.7. The van der Waals surface area contributed by atoms with Crippen LogP contribution in [0.2, 0.25) is 0 Å². The number of hydrogen-bond donors (Lipinski definition) is 1. The number of rotatable bonds is 8. The molecule has 0 fully saturated rings. The number of hydrogen-bond acceptors (Lipinski definition) is 5. The molecule has 10 heteroatoms. The van der Waals surface area contributed by atoms with Crippen LogP contribution < -0.4 is 14.5 Å². The van der Waals surface area contributed by atoms with Gasteiger partial charge in [0.25, 0.3) is 15.9 Å². The highest BCUT2D eigenvalue weighted by atomic mass is 79.9. The van der Waals surface area contributed by atoms with E-state index in [0.29, 0.717) is 21.6 Å². The fraction of sp³-hybridized carbons (Fsp3) is 0.167. The summed E-state index contributed by atoms with van der Waals surface area (Å²) in [5.74, 6) is -0.0791. The molecule has 0 aliphatic heterocycles. The molecule has 0 spiro atoms. The lowest BCUT2D eigenvalue weighted by Gasteiger charge is -2.24. The maximum atomic E-state index is 13.5. The summed E-state index contributed by atoms with van der Waals surface area (Å²) in [6.07, 6.45) is 0. The second-order valence-corrected chi connectivity index (χ2v) is 11.0. The van der Waals surface area contributed by atoms with E-state index in [2.05, 4.69) is 42.4 Å². The molecule has 0 radical (unpaired) electrons. The number of nitrogens with one attached hydrogen (secondary N) is 1. The lowest BCUT2D eigenvalue weighted by molar-refractivity contribution is -0.119. The molecule has 7 nitrogen and oxygen atoms in total. The molecular weight excluding hydrogens is 586 g/mol. The first-order valence-corrected chi connectivity index (χ1v) is 13.2. The topological polar surface area (TPSA) is 88.1 Å². The van der Waals surface area contributed by atoms with Gasteiger partial charge >= 0.3 is 0 Å². The number of methoxy groups -OCH3 is 1. The van der Waals surface area contributed by atoms with Crippen molar-refractivity contribution in [1.29, 1.82) is 0 Å². The summed E-state index contributed by atoms with van der Waals surface area (Å²) in [5.41, 5.74) is 5.21. The first-order chi connectivity index (χ1) is 16.1. The predicted octanol–water partition coefficient (Wildman–Crippen LogP) is 5.26. The average Bonchev–Trinajstić information content (AvgIpc) is 2.82. The van der Waals surface area contributed by atoms with Crippen molar-refractivity contribution >= 4 is 59.2 Å². The average molecular weight is 609 g/mol. The zero-order valence-electron chi connectivity index (χ0n) is 18.7. The van der Waals surface area contributed by atoms with Crippen LogP contribution in [0.4, 0.5) is 5.69 Å². The van der Waals surface area contributed by atoms with Gasteiger partial charge in [-0.05, 0) is 77.8 Å². The van der Waals surface area contributed by atoms with Crippen molar-refractivity contribution < 1.29 is 17.9 Å². The monoisotopic (exact) mass is 607 g/mol. The van der Waals surface area contributed by atoms with Gasteiger partial charge in [0.05, 0.1) is 27.9 Å². The molecule has 3 aromatic rings. The van der Waals surface area contributed by atoms with E-state index in [1.807, 2.05) is 31.2 Å². The van der Waals surface area contributed by atoms with Crippen LogP contribution in [0.15, 0.2) is 85.7 Å². The Labute approximate surface area is 216 Å². The largest absolute Gasteiger partial charge is 0.496 e. The maximum Gasteiger partial charge on any atom is 0.264 e. The third kappa shape index (κ3) is 6.25. The van der Waals surface area contributed by atoms with E-state index in [-0.39, 0.29) is 4.90 Å². The van der Waals surface area contributed by atoms with E-state index in [9.17, 15) is 13.2 Å². The number of halogens is 2. The van der Waals surface area contributed by atoms with Crippen LogP contribution in [0, 0.1) is 6.92 Å². The SMILES string of the molecule is COc1ccc(S(=O)(=O)N(CC(=O)N/N=C(/C)c2ccc(Br)cc2)c2ccc(C)cc2)cc1Br. The Bertz CT molecular complexity index is 1310. The Kier molecular flexibility index (Phi) is 8.51. The van der Waals surface area contributed by atoms with Gasteiger partial charge in [-0.3, -0.25) is 9.10 Å². The molecule has 0 aliphatic rings. The number of ether oxygens (including phenoxy) is 1. The molecule has 178 valence electrons. The number of anilines is 1. The number of hydrazone groups is 1. The molecule has 0 atom stereocenters. The van der Waals surface area contributed by atoms with Crippen LogP contribution in [0.1, 0.15) is 18.1 Å². The van der Waals surface area contributed by atoms with Crippen molar-refractivity contribution in [3.63, 3.8) is 0 Å². The summed E-state index contributed by atoms with van der Waals surface area (Å²) in [7, 11) is -2.58. The summed E-state index contributed by atoms with van der Waals surface area (Å²) >= 11 is 6.70. The highest BCUT2D eigenvalue weighted by molar-refractivity contribution is 9.10. The van der Waals surface area contributed by atoms with Crippen LogP contribution in [-0.2, 0) is 14.8 Å². The zero-order chi connectivity index (χ0) is 24.9. The first-order valence-electron chi connectivity index (χ1n) is 10.1. The lowest BCUT2D eigenvalue weighted by atomic mass is 10.1. The molecule has 0 aliphatic carbocycles. The molecule has 0 aromatic heterocycles. The summed E-state index contributed by atoms with van der Waals surface area (Å²) < 4.78 is 34.7. The molecule has 0 bridgehead atoms. The van der Waals surface area contributed by atoms with E-state index < -0.39 is 22.5 Å². The Morgan fingerprint density at radius 2 is 1.68 bits per heavy atom. The number of aryl methyl sites for hydroxylation is 1. The second kappa shape index (κ2) is 11.2.